The molecule has 0 N–H and O–H groups in total. The number of aromatic nitrogens is 1. The number of ether oxygens (including phenoxy) is 1. The first-order valence-corrected chi connectivity index (χ1v) is 9.74. The number of hydrogen-bond acceptors (Lipinski definition) is 4. The number of halogens is 3. The van der Waals surface area contributed by atoms with Gasteiger partial charge in [0.05, 0.1) is 0 Å². The standard InChI is InChI=1S/C11H14NOTe.CHF3O3S/c1-4-12-8(2)14-11-6-5-9(13-3)7-10(11)12;2-1(3,4)8(5,6)7/h5-7H,4H2,1-3H3;(H,5,6,7)/q+1;/p-1. The molecule has 0 aliphatic rings. The molecule has 0 aliphatic heterocycles. The molecule has 0 bridgehead atoms. The maximum absolute atomic E-state index is 10.7. The maximum atomic E-state index is 10.7. The number of benzene rings is 1. The molecule has 5 nitrogen and oxygen atoms in total. The van der Waals surface area contributed by atoms with Crippen LogP contribution in [-0.2, 0) is 16.7 Å². The number of aryl methyl sites for hydroxylation is 2. The fourth-order valence-corrected chi connectivity index (χ4v) is 4.74. The SMILES string of the molecule is CC[n+]1c(C)[te]c2ccc(OC)cc21.O=S(=O)([O-])C(F)(F)F. The zero-order valence-corrected chi connectivity index (χ0v) is 15.1. The Hall–Kier alpha value is -0.820. The van der Waals surface area contributed by atoms with Crippen LogP contribution in [0.15, 0.2) is 18.2 Å². The summed E-state index contributed by atoms with van der Waals surface area (Å²) in [6, 6.07) is 6.44. The van der Waals surface area contributed by atoms with E-state index in [0.29, 0.717) is 0 Å². The van der Waals surface area contributed by atoms with Crippen molar-refractivity contribution in [3.05, 3.63) is 21.9 Å². The fraction of sp³-hybridized carbons (Fsp3) is 0.417. The van der Waals surface area contributed by atoms with Crippen LogP contribution in [0.3, 0.4) is 0 Å². The third-order valence-electron chi connectivity index (χ3n) is 2.69. The van der Waals surface area contributed by atoms with Crippen molar-refractivity contribution in [1.82, 2.24) is 0 Å². The van der Waals surface area contributed by atoms with Crippen LogP contribution in [0.1, 0.15) is 10.6 Å². The first-order valence-electron chi connectivity index (χ1n) is 6.00. The van der Waals surface area contributed by atoms with Crippen LogP contribution >= 0.6 is 0 Å². The number of alkyl halides is 3. The Bertz CT molecular complexity index is 756. The van der Waals surface area contributed by atoms with Crippen LogP contribution in [0.5, 0.6) is 5.75 Å². The molecular formula is C12H14F3NO4STe. The quantitative estimate of drug-likeness (QED) is 0.300. The third kappa shape index (κ3) is 4.59. The zero-order valence-electron chi connectivity index (χ0n) is 12.0. The van der Waals surface area contributed by atoms with E-state index in [1.54, 1.807) is 10.8 Å². The van der Waals surface area contributed by atoms with Crippen molar-refractivity contribution < 1.29 is 35.4 Å². The molecule has 22 heavy (non-hydrogen) atoms. The first kappa shape index (κ1) is 19.2. The average Bonchev–Trinajstić information content (AvgIpc) is 2.71. The maximum Gasteiger partial charge on any atom is 0.485 e. The number of methoxy groups -OCH3 is 1. The molecule has 2 aromatic rings. The van der Waals surface area contributed by atoms with Crippen molar-refractivity contribution in [1.29, 1.82) is 0 Å². The van der Waals surface area contributed by atoms with Gasteiger partial charge in [0.25, 0.3) is 0 Å². The largest absolute Gasteiger partial charge is 0.741 e. The van der Waals surface area contributed by atoms with Gasteiger partial charge in [-0.2, -0.15) is 13.2 Å². The number of hydrogen-bond donors (Lipinski definition) is 0. The van der Waals surface area contributed by atoms with E-state index in [4.69, 9.17) is 17.7 Å². The molecule has 1 aromatic heterocycles. The summed E-state index contributed by atoms with van der Waals surface area (Å²) in [5.41, 5.74) is -4.28. The van der Waals surface area contributed by atoms with E-state index < -0.39 is 15.6 Å². The van der Waals surface area contributed by atoms with Crippen molar-refractivity contribution in [2.45, 2.75) is 25.9 Å². The Morgan fingerprint density at radius 3 is 2.32 bits per heavy atom. The third-order valence-corrected chi connectivity index (χ3v) is 6.35. The second-order valence-electron chi connectivity index (χ2n) is 4.10. The van der Waals surface area contributed by atoms with E-state index in [9.17, 15) is 13.2 Å². The predicted octanol–water partition coefficient (Wildman–Crippen LogP) is 1.57. The average molecular weight is 453 g/mol. The van der Waals surface area contributed by atoms with Gasteiger partial charge in [0.2, 0.25) is 0 Å². The molecule has 0 atom stereocenters. The van der Waals surface area contributed by atoms with Crippen molar-refractivity contribution in [2.24, 2.45) is 0 Å². The molecule has 0 amide bonds. The molecule has 1 aromatic carbocycles. The van der Waals surface area contributed by atoms with Gasteiger partial charge in [-0.25, -0.2) is 8.42 Å². The first-order chi connectivity index (χ1) is 10.0. The van der Waals surface area contributed by atoms with Gasteiger partial charge in [0.15, 0.2) is 10.1 Å². The minimum atomic E-state index is -6.09. The Labute approximate surface area is 135 Å². The van der Waals surface area contributed by atoms with E-state index in [1.807, 2.05) is 0 Å². The second kappa shape index (κ2) is 7.17. The van der Waals surface area contributed by atoms with E-state index in [-0.39, 0.29) is 20.4 Å². The molecule has 1 heterocycles. The van der Waals surface area contributed by atoms with Gasteiger partial charge < -0.3 is 4.55 Å². The Morgan fingerprint density at radius 1 is 1.36 bits per heavy atom. The summed E-state index contributed by atoms with van der Waals surface area (Å²) >= 11 is -0.0987. The fourth-order valence-electron chi connectivity index (χ4n) is 1.70. The molecule has 0 spiro atoms. The second-order valence-corrected chi connectivity index (χ2v) is 8.99. The van der Waals surface area contributed by atoms with E-state index in [2.05, 4.69) is 36.6 Å². The van der Waals surface area contributed by atoms with Crippen molar-refractivity contribution in [3.8, 4) is 5.75 Å². The molecule has 0 unspecified atom stereocenters. The van der Waals surface area contributed by atoms with E-state index >= 15 is 0 Å². The van der Waals surface area contributed by atoms with Gasteiger partial charge in [0, 0.05) is 0 Å². The van der Waals surface area contributed by atoms with Crippen LogP contribution < -0.4 is 9.30 Å². The van der Waals surface area contributed by atoms with E-state index in [1.165, 1.54) is 8.92 Å². The summed E-state index contributed by atoms with van der Waals surface area (Å²) in [4.78, 5) is 0. The van der Waals surface area contributed by atoms with Crippen molar-refractivity contribution in [3.63, 3.8) is 0 Å². The van der Waals surface area contributed by atoms with Crippen LogP contribution in [0.25, 0.3) is 8.92 Å². The smallest absolute Gasteiger partial charge is 0.485 e. The topological polar surface area (TPSA) is 70.3 Å². The minimum absolute atomic E-state index is 0.0987. The number of rotatable bonds is 2. The molecule has 10 heteroatoms. The van der Waals surface area contributed by atoms with Crippen LogP contribution in [0.4, 0.5) is 13.2 Å². The van der Waals surface area contributed by atoms with Crippen LogP contribution in [-0.4, -0.2) is 46.0 Å². The predicted molar refractivity (Wildman–Crippen MR) is 73.8 cm³/mol. The monoisotopic (exact) mass is 455 g/mol. The van der Waals surface area contributed by atoms with Crippen LogP contribution in [0.2, 0.25) is 0 Å². The van der Waals surface area contributed by atoms with Crippen molar-refractivity contribution >= 4 is 39.5 Å². The Kier molecular flexibility index (Phi) is 6.26. The molecule has 0 saturated heterocycles. The summed E-state index contributed by atoms with van der Waals surface area (Å²) < 4.78 is 69.6. The minimum Gasteiger partial charge on any atom is -0.741 e. The van der Waals surface area contributed by atoms with Gasteiger partial charge in [-0.15, -0.1) is 0 Å². The summed E-state index contributed by atoms with van der Waals surface area (Å²) in [6.07, 6.45) is 0. The molecule has 2 rings (SSSR count). The summed E-state index contributed by atoms with van der Waals surface area (Å²) in [7, 11) is -4.37. The van der Waals surface area contributed by atoms with Gasteiger partial charge in [0.1, 0.15) is 0 Å². The molecule has 0 saturated carbocycles. The van der Waals surface area contributed by atoms with Gasteiger partial charge >= 0.3 is 99.3 Å². The van der Waals surface area contributed by atoms with Gasteiger partial charge in [-0.3, -0.25) is 0 Å². The molecule has 0 radical (unpaired) electrons. The molecule has 124 valence electrons. The Balaban J connectivity index is 0.000000261. The van der Waals surface area contributed by atoms with Gasteiger partial charge in [-0.1, -0.05) is 0 Å². The molecular weight excluding hydrogens is 439 g/mol. The summed E-state index contributed by atoms with van der Waals surface area (Å²) in [5, 5.41) is 0. The molecule has 0 fully saturated rings. The summed E-state index contributed by atoms with van der Waals surface area (Å²) in [5.74, 6) is 0.962. The zero-order chi connectivity index (χ0) is 17.1. The van der Waals surface area contributed by atoms with Crippen LogP contribution in [0, 0.1) is 6.92 Å². The van der Waals surface area contributed by atoms with E-state index in [0.717, 1.165) is 12.3 Å². The number of nitrogens with zero attached hydrogens (tertiary/aromatic N) is 1. The van der Waals surface area contributed by atoms with Crippen molar-refractivity contribution in [2.75, 3.05) is 7.11 Å². The van der Waals surface area contributed by atoms with Gasteiger partial charge in [-0.05, 0) is 0 Å². The Morgan fingerprint density at radius 2 is 1.91 bits per heavy atom. The summed E-state index contributed by atoms with van der Waals surface area (Å²) in [6.45, 7) is 5.51. The molecule has 0 aliphatic carbocycles. The normalized spacial score (nSPS) is 12.0. The number of fused-ring (bicyclic) bond motifs is 1.